The van der Waals surface area contributed by atoms with E-state index in [1.54, 1.807) is 0 Å². The average Bonchev–Trinajstić information content (AvgIpc) is 3.19. The number of hydrogen-bond donors (Lipinski definition) is 2. The number of rotatable bonds is 5. The fourth-order valence-corrected chi connectivity index (χ4v) is 3.34. The molecule has 0 aliphatic rings. The van der Waals surface area contributed by atoms with Crippen LogP contribution in [0.4, 0.5) is 5.69 Å². The molecule has 126 valence electrons. The van der Waals surface area contributed by atoms with E-state index in [9.17, 15) is 4.79 Å². The van der Waals surface area contributed by atoms with E-state index in [1.807, 2.05) is 49.8 Å². The molecule has 0 spiro atoms. The van der Waals surface area contributed by atoms with Crippen molar-refractivity contribution in [2.45, 2.75) is 19.3 Å². The Morgan fingerprint density at radius 3 is 2.96 bits per heavy atom. The van der Waals surface area contributed by atoms with Crippen LogP contribution in [0.2, 0.25) is 0 Å². The number of carbonyl (C=O) groups excluding carboxylic acids is 1. The second-order valence-corrected chi connectivity index (χ2v) is 6.46. The maximum Gasteiger partial charge on any atom is 0.224 e. The minimum Gasteiger partial charge on any atom is -0.361 e. The van der Waals surface area contributed by atoms with Crippen LogP contribution < -0.4 is 5.32 Å². The zero-order chi connectivity index (χ0) is 17.2. The molecule has 0 radical (unpaired) electrons. The number of nitrogens with zero attached hydrogens (tertiary/aromatic N) is 1. The van der Waals surface area contributed by atoms with Gasteiger partial charge in [0.15, 0.2) is 0 Å². The van der Waals surface area contributed by atoms with Crippen molar-refractivity contribution in [3.8, 4) is 0 Å². The Balaban J connectivity index is 1.36. The van der Waals surface area contributed by atoms with Gasteiger partial charge in [-0.15, -0.1) is 0 Å². The smallest absolute Gasteiger partial charge is 0.224 e. The van der Waals surface area contributed by atoms with Gasteiger partial charge in [-0.05, 0) is 48.1 Å². The van der Waals surface area contributed by atoms with E-state index in [0.29, 0.717) is 6.42 Å². The number of amides is 1. The molecule has 2 aromatic heterocycles. The predicted molar refractivity (Wildman–Crippen MR) is 103 cm³/mol. The highest BCUT2D eigenvalue weighted by Crippen LogP contribution is 2.21. The number of para-hydroxylation sites is 1. The molecule has 25 heavy (non-hydrogen) atoms. The standard InChI is InChI=1S/C21H21N3O/c1-24-12-11-15-9-10-17(13-20(15)24)23-21(25)8-4-5-16-14-22-19-7-3-2-6-18(16)19/h2-3,6-7,9-14,22H,4-5,8H2,1H3,(H,23,25). The van der Waals surface area contributed by atoms with Gasteiger partial charge in [-0.1, -0.05) is 24.3 Å². The lowest BCUT2D eigenvalue weighted by atomic mass is 10.1. The van der Waals surface area contributed by atoms with Gasteiger partial charge < -0.3 is 14.9 Å². The average molecular weight is 331 g/mol. The van der Waals surface area contributed by atoms with Gasteiger partial charge in [-0.25, -0.2) is 0 Å². The third kappa shape index (κ3) is 3.15. The Morgan fingerprint density at radius 2 is 2.04 bits per heavy atom. The van der Waals surface area contributed by atoms with E-state index in [-0.39, 0.29) is 5.91 Å². The molecular weight excluding hydrogens is 310 g/mol. The largest absolute Gasteiger partial charge is 0.361 e. The summed E-state index contributed by atoms with van der Waals surface area (Å²) in [6, 6.07) is 16.4. The third-order valence-electron chi connectivity index (χ3n) is 4.70. The SMILES string of the molecule is Cn1ccc2ccc(NC(=O)CCCc3c[nH]c4ccccc34)cc21. The van der Waals surface area contributed by atoms with Crippen molar-refractivity contribution in [2.24, 2.45) is 7.05 Å². The molecule has 2 heterocycles. The Kier molecular flexibility index (Phi) is 4.02. The maximum absolute atomic E-state index is 12.2. The second-order valence-electron chi connectivity index (χ2n) is 6.46. The number of aromatic nitrogens is 2. The van der Waals surface area contributed by atoms with E-state index >= 15 is 0 Å². The van der Waals surface area contributed by atoms with Crippen LogP contribution in [0, 0.1) is 0 Å². The Morgan fingerprint density at radius 1 is 1.16 bits per heavy atom. The minimum atomic E-state index is 0.0633. The van der Waals surface area contributed by atoms with Crippen LogP contribution in [-0.2, 0) is 18.3 Å². The number of nitrogens with one attached hydrogen (secondary N) is 2. The summed E-state index contributed by atoms with van der Waals surface area (Å²) in [5, 5.41) is 5.44. The molecule has 4 nitrogen and oxygen atoms in total. The zero-order valence-electron chi connectivity index (χ0n) is 14.3. The molecule has 4 rings (SSSR count). The van der Waals surface area contributed by atoms with Gasteiger partial charge in [-0.3, -0.25) is 4.79 Å². The molecule has 4 aromatic rings. The monoisotopic (exact) mass is 331 g/mol. The molecule has 2 N–H and O–H groups in total. The summed E-state index contributed by atoms with van der Waals surface area (Å²) in [5.41, 5.74) is 4.40. The molecule has 4 heteroatoms. The number of aromatic amines is 1. The summed E-state index contributed by atoms with van der Waals surface area (Å²) in [7, 11) is 2.01. The summed E-state index contributed by atoms with van der Waals surface area (Å²) < 4.78 is 2.06. The molecule has 2 aromatic carbocycles. The molecule has 0 atom stereocenters. The highest BCUT2D eigenvalue weighted by molar-refractivity contribution is 5.93. The van der Waals surface area contributed by atoms with Crippen molar-refractivity contribution in [3.05, 3.63) is 66.5 Å². The third-order valence-corrected chi connectivity index (χ3v) is 4.70. The Bertz CT molecular complexity index is 1040. The highest BCUT2D eigenvalue weighted by Gasteiger charge is 2.07. The van der Waals surface area contributed by atoms with Crippen LogP contribution in [0.1, 0.15) is 18.4 Å². The topological polar surface area (TPSA) is 49.8 Å². The van der Waals surface area contributed by atoms with Gasteiger partial charge >= 0.3 is 0 Å². The molecular formula is C21H21N3O. The molecule has 0 aliphatic carbocycles. The van der Waals surface area contributed by atoms with Crippen molar-refractivity contribution < 1.29 is 4.79 Å². The van der Waals surface area contributed by atoms with Gasteiger partial charge in [0.25, 0.3) is 0 Å². The normalized spacial score (nSPS) is 11.2. The van der Waals surface area contributed by atoms with E-state index in [2.05, 4.69) is 33.1 Å². The first kappa shape index (κ1) is 15.5. The summed E-state index contributed by atoms with van der Waals surface area (Å²) in [4.78, 5) is 15.5. The van der Waals surface area contributed by atoms with Gasteiger partial charge in [-0.2, -0.15) is 0 Å². The molecule has 0 saturated heterocycles. The highest BCUT2D eigenvalue weighted by atomic mass is 16.1. The van der Waals surface area contributed by atoms with Crippen LogP contribution in [0.15, 0.2) is 60.9 Å². The number of benzene rings is 2. The van der Waals surface area contributed by atoms with Crippen molar-refractivity contribution in [2.75, 3.05) is 5.32 Å². The first-order chi connectivity index (χ1) is 12.2. The summed E-state index contributed by atoms with van der Waals surface area (Å²) in [6.07, 6.45) is 6.32. The lowest BCUT2D eigenvalue weighted by Crippen LogP contribution is -2.11. The van der Waals surface area contributed by atoms with E-state index < -0.39 is 0 Å². The van der Waals surface area contributed by atoms with Crippen LogP contribution in [0.25, 0.3) is 21.8 Å². The molecule has 0 unspecified atom stereocenters. The van der Waals surface area contributed by atoms with Gasteiger partial charge in [0.1, 0.15) is 0 Å². The van der Waals surface area contributed by atoms with Gasteiger partial charge in [0, 0.05) is 48.0 Å². The molecule has 0 aliphatic heterocycles. The van der Waals surface area contributed by atoms with Gasteiger partial charge in [0.05, 0.1) is 0 Å². The van der Waals surface area contributed by atoms with Crippen molar-refractivity contribution >= 4 is 33.4 Å². The van der Waals surface area contributed by atoms with Crippen molar-refractivity contribution in [3.63, 3.8) is 0 Å². The molecule has 0 fully saturated rings. The fraction of sp³-hybridized carbons (Fsp3) is 0.190. The minimum absolute atomic E-state index is 0.0633. The number of carbonyl (C=O) groups is 1. The first-order valence-corrected chi connectivity index (χ1v) is 8.60. The van der Waals surface area contributed by atoms with E-state index in [1.165, 1.54) is 16.3 Å². The maximum atomic E-state index is 12.2. The van der Waals surface area contributed by atoms with Crippen molar-refractivity contribution in [1.82, 2.24) is 9.55 Å². The predicted octanol–water partition coefficient (Wildman–Crippen LogP) is 4.62. The number of anilines is 1. The van der Waals surface area contributed by atoms with E-state index in [4.69, 9.17) is 0 Å². The summed E-state index contributed by atoms with van der Waals surface area (Å²) >= 11 is 0. The van der Waals surface area contributed by atoms with Gasteiger partial charge in [0.2, 0.25) is 5.91 Å². The number of H-pyrrole nitrogens is 1. The lowest BCUT2D eigenvalue weighted by molar-refractivity contribution is -0.116. The van der Waals surface area contributed by atoms with Crippen LogP contribution in [-0.4, -0.2) is 15.5 Å². The van der Waals surface area contributed by atoms with Crippen molar-refractivity contribution in [1.29, 1.82) is 0 Å². The quantitative estimate of drug-likeness (QED) is 0.551. The molecule has 0 saturated carbocycles. The zero-order valence-corrected chi connectivity index (χ0v) is 14.3. The van der Waals surface area contributed by atoms with Crippen LogP contribution >= 0.6 is 0 Å². The second kappa shape index (κ2) is 6.48. The molecule has 1 amide bonds. The lowest BCUT2D eigenvalue weighted by Gasteiger charge is -2.06. The van der Waals surface area contributed by atoms with E-state index in [0.717, 1.165) is 29.6 Å². The number of fused-ring (bicyclic) bond motifs is 2. The molecule has 0 bridgehead atoms. The fourth-order valence-electron chi connectivity index (χ4n) is 3.34. The number of hydrogen-bond acceptors (Lipinski definition) is 1. The summed E-state index contributed by atoms with van der Waals surface area (Å²) in [5.74, 6) is 0.0633. The Hall–Kier alpha value is -3.01. The Labute approximate surface area is 146 Å². The number of aryl methyl sites for hydroxylation is 2. The summed E-state index contributed by atoms with van der Waals surface area (Å²) in [6.45, 7) is 0. The van der Waals surface area contributed by atoms with Crippen LogP contribution in [0.5, 0.6) is 0 Å². The first-order valence-electron chi connectivity index (χ1n) is 8.60. The van der Waals surface area contributed by atoms with Crippen LogP contribution in [0.3, 0.4) is 0 Å².